The minimum Gasteiger partial charge on any atom is -0.474 e. The van der Waals surface area contributed by atoms with Crippen molar-refractivity contribution in [1.82, 2.24) is 4.98 Å². The Bertz CT molecular complexity index is 280. The van der Waals surface area contributed by atoms with E-state index < -0.39 is 0 Å². The Labute approximate surface area is 92.7 Å². The van der Waals surface area contributed by atoms with Gasteiger partial charge in [0, 0.05) is 11.8 Å². The Morgan fingerprint density at radius 1 is 1.27 bits per heavy atom. The molecule has 0 unspecified atom stereocenters. The van der Waals surface area contributed by atoms with Crippen molar-refractivity contribution in [3.63, 3.8) is 0 Å². The molecule has 1 heterocycles. The summed E-state index contributed by atoms with van der Waals surface area (Å²) in [4.78, 5) is 4.26. The third-order valence-electron chi connectivity index (χ3n) is 2.46. The van der Waals surface area contributed by atoms with Crippen LogP contribution in [0.25, 0.3) is 0 Å². The summed E-state index contributed by atoms with van der Waals surface area (Å²) in [6, 6.07) is 3.98. The second-order valence-electron chi connectivity index (χ2n) is 3.94. The largest absolute Gasteiger partial charge is 0.474 e. The summed E-state index contributed by atoms with van der Waals surface area (Å²) in [5.41, 5.74) is 1.12. The van der Waals surface area contributed by atoms with Crippen LogP contribution < -0.4 is 4.74 Å². The Balaban J connectivity index is 2.60. The molecule has 1 rings (SSSR count). The maximum Gasteiger partial charge on any atom is 0.216 e. The molecule has 2 nitrogen and oxygen atoms in total. The van der Waals surface area contributed by atoms with Gasteiger partial charge in [0.05, 0.1) is 0 Å². The molecule has 0 atom stereocenters. The number of aromatic nitrogens is 1. The summed E-state index contributed by atoms with van der Waals surface area (Å²) in [5.74, 6) is 0.796. The van der Waals surface area contributed by atoms with Crippen molar-refractivity contribution in [2.24, 2.45) is 0 Å². The van der Waals surface area contributed by atoms with Crippen LogP contribution in [0.3, 0.4) is 0 Å². The van der Waals surface area contributed by atoms with Crippen molar-refractivity contribution in [2.45, 2.75) is 52.6 Å². The average Bonchev–Trinajstić information content (AvgIpc) is 2.22. The molecule has 1 aromatic rings. The van der Waals surface area contributed by atoms with Gasteiger partial charge in [-0.15, -0.1) is 0 Å². The van der Waals surface area contributed by atoms with Crippen LogP contribution in [-0.2, 0) is 0 Å². The van der Waals surface area contributed by atoms with E-state index in [9.17, 15) is 0 Å². The van der Waals surface area contributed by atoms with Crippen LogP contribution in [0.2, 0.25) is 0 Å². The van der Waals surface area contributed by atoms with E-state index in [0.717, 1.165) is 37.1 Å². The van der Waals surface area contributed by atoms with Crippen LogP contribution in [0.4, 0.5) is 0 Å². The Morgan fingerprint density at radius 3 is 2.47 bits per heavy atom. The first-order valence-corrected chi connectivity index (χ1v) is 5.86. The maximum absolute atomic E-state index is 5.91. The molecule has 15 heavy (non-hydrogen) atoms. The summed E-state index contributed by atoms with van der Waals surface area (Å²) >= 11 is 0. The van der Waals surface area contributed by atoms with E-state index in [1.165, 1.54) is 0 Å². The van der Waals surface area contributed by atoms with Crippen molar-refractivity contribution >= 4 is 0 Å². The molecule has 0 aliphatic carbocycles. The molecule has 2 heteroatoms. The zero-order valence-corrected chi connectivity index (χ0v) is 9.99. The van der Waals surface area contributed by atoms with Crippen LogP contribution in [0.15, 0.2) is 18.3 Å². The fourth-order valence-corrected chi connectivity index (χ4v) is 1.66. The lowest BCUT2D eigenvalue weighted by Crippen LogP contribution is -2.17. The van der Waals surface area contributed by atoms with Crippen LogP contribution in [0, 0.1) is 6.92 Å². The van der Waals surface area contributed by atoms with Gasteiger partial charge in [0.25, 0.3) is 0 Å². The minimum atomic E-state index is 0.327. The van der Waals surface area contributed by atoms with Gasteiger partial charge in [-0.1, -0.05) is 32.8 Å². The molecule has 0 aliphatic rings. The van der Waals surface area contributed by atoms with Crippen LogP contribution in [-0.4, -0.2) is 11.1 Å². The third-order valence-corrected chi connectivity index (χ3v) is 2.46. The maximum atomic E-state index is 5.91. The van der Waals surface area contributed by atoms with Gasteiger partial charge in [-0.3, -0.25) is 0 Å². The fourth-order valence-electron chi connectivity index (χ4n) is 1.66. The van der Waals surface area contributed by atoms with Crippen LogP contribution >= 0.6 is 0 Å². The highest BCUT2D eigenvalue weighted by atomic mass is 16.5. The van der Waals surface area contributed by atoms with E-state index in [1.54, 1.807) is 6.20 Å². The quantitative estimate of drug-likeness (QED) is 0.709. The van der Waals surface area contributed by atoms with E-state index in [4.69, 9.17) is 4.74 Å². The zero-order valence-electron chi connectivity index (χ0n) is 9.99. The fraction of sp³-hybridized carbons (Fsp3) is 0.615. The summed E-state index contributed by atoms with van der Waals surface area (Å²) in [5, 5.41) is 0. The predicted octanol–water partition coefficient (Wildman–Crippen LogP) is 3.74. The SMILES string of the molecule is CCCC(CCC)Oc1ncccc1C. The number of nitrogens with zero attached hydrogens (tertiary/aromatic N) is 1. The molecule has 84 valence electrons. The van der Waals surface area contributed by atoms with Gasteiger partial charge in [-0.25, -0.2) is 4.98 Å². The van der Waals surface area contributed by atoms with Crippen molar-refractivity contribution in [2.75, 3.05) is 0 Å². The smallest absolute Gasteiger partial charge is 0.216 e. The molecular weight excluding hydrogens is 186 g/mol. The van der Waals surface area contributed by atoms with E-state index in [2.05, 4.69) is 18.8 Å². The second kappa shape index (κ2) is 6.44. The predicted molar refractivity (Wildman–Crippen MR) is 63.2 cm³/mol. The van der Waals surface area contributed by atoms with Crippen LogP contribution in [0.5, 0.6) is 5.88 Å². The van der Waals surface area contributed by atoms with Crippen molar-refractivity contribution in [1.29, 1.82) is 0 Å². The summed E-state index contributed by atoms with van der Waals surface area (Å²) in [6.07, 6.45) is 6.67. The molecule has 0 saturated heterocycles. The zero-order chi connectivity index (χ0) is 11.1. The van der Waals surface area contributed by atoms with E-state index in [-0.39, 0.29) is 0 Å². The number of aryl methyl sites for hydroxylation is 1. The summed E-state index contributed by atoms with van der Waals surface area (Å²) in [7, 11) is 0. The molecular formula is C13H21NO. The minimum absolute atomic E-state index is 0.327. The van der Waals surface area contributed by atoms with Gasteiger partial charge in [0.1, 0.15) is 6.10 Å². The molecule has 0 saturated carbocycles. The number of pyridine rings is 1. The highest BCUT2D eigenvalue weighted by molar-refractivity contribution is 5.23. The molecule has 0 bridgehead atoms. The topological polar surface area (TPSA) is 22.1 Å². The average molecular weight is 207 g/mol. The van der Waals surface area contributed by atoms with Gasteiger partial charge >= 0.3 is 0 Å². The molecule has 0 aliphatic heterocycles. The second-order valence-corrected chi connectivity index (χ2v) is 3.94. The normalized spacial score (nSPS) is 10.7. The van der Waals surface area contributed by atoms with Gasteiger partial charge in [-0.05, 0) is 25.8 Å². The standard InChI is InChI=1S/C13H21NO/c1-4-7-12(8-5-2)15-13-11(3)9-6-10-14-13/h6,9-10,12H,4-5,7-8H2,1-3H3. The molecule has 0 fully saturated rings. The number of rotatable bonds is 6. The Kier molecular flexibility index (Phi) is 5.16. The molecule has 0 aromatic carbocycles. The molecule has 1 aromatic heterocycles. The van der Waals surface area contributed by atoms with Gasteiger partial charge in [0.2, 0.25) is 5.88 Å². The lowest BCUT2D eigenvalue weighted by molar-refractivity contribution is 0.170. The van der Waals surface area contributed by atoms with Crippen molar-refractivity contribution in [3.8, 4) is 5.88 Å². The Hall–Kier alpha value is -1.05. The van der Waals surface area contributed by atoms with E-state index >= 15 is 0 Å². The molecule has 0 radical (unpaired) electrons. The summed E-state index contributed by atoms with van der Waals surface area (Å²) in [6.45, 7) is 6.42. The van der Waals surface area contributed by atoms with Crippen LogP contribution in [0.1, 0.15) is 45.1 Å². The van der Waals surface area contributed by atoms with Gasteiger partial charge in [-0.2, -0.15) is 0 Å². The number of hydrogen-bond donors (Lipinski definition) is 0. The third kappa shape index (κ3) is 3.90. The van der Waals surface area contributed by atoms with E-state index in [1.807, 2.05) is 19.1 Å². The lowest BCUT2D eigenvalue weighted by Gasteiger charge is -2.18. The first kappa shape index (κ1) is 12.0. The highest BCUT2D eigenvalue weighted by Gasteiger charge is 2.10. The van der Waals surface area contributed by atoms with Crippen molar-refractivity contribution in [3.05, 3.63) is 23.9 Å². The Morgan fingerprint density at radius 2 is 1.93 bits per heavy atom. The summed E-state index contributed by atoms with van der Waals surface area (Å²) < 4.78 is 5.91. The van der Waals surface area contributed by atoms with Gasteiger partial charge in [0.15, 0.2) is 0 Å². The van der Waals surface area contributed by atoms with Gasteiger partial charge < -0.3 is 4.74 Å². The highest BCUT2D eigenvalue weighted by Crippen LogP contribution is 2.18. The van der Waals surface area contributed by atoms with Crippen molar-refractivity contribution < 1.29 is 4.74 Å². The van der Waals surface area contributed by atoms with E-state index in [0.29, 0.717) is 6.10 Å². The first-order chi connectivity index (χ1) is 7.27. The lowest BCUT2D eigenvalue weighted by atomic mass is 10.1. The molecule has 0 amide bonds. The molecule has 0 spiro atoms. The first-order valence-electron chi connectivity index (χ1n) is 5.86. The number of ether oxygens (including phenoxy) is 1. The monoisotopic (exact) mass is 207 g/mol. The number of hydrogen-bond acceptors (Lipinski definition) is 2. The molecule has 0 N–H and O–H groups in total.